The van der Waals surface area contributed by atoms with Crippen molar-refractivity contribution < 1.29 is 32.7 Å². The van der Waals surface area contributed by atoms with Crippen molar-refractivity contribution in [1.82, 2.24) is 14.8 Å². The smallest absolute Gasteiger partial charge is 0.320 e. The Morgan fingerprint density at radius 1 is 1.07 bits per heavy atom. The molecule has 2 N–H and O–H groups in total. The fourth-order valence-corrected chi connectivity index (χ4v) is 5.47. The van der Waals surface area contributed by atoms with Crippen LogP contribution in [-0.4, -0.2) is 63.8 Å². The zero-order valence-corrected chi connectivity index (χ0v) is 23.7. The van der Waals surface area contributed by atoms with Crippen LogP contribution in [0.25, 0.3) is 0 Å². The third-order valence-electron chi connectivity index (χ3n) is 7.08. The maximum absolute atomic E-state index is 13.6. The van der Waals surface area contributed by atoms with Gasteiger partial charge in [0.25, 0.3) is 17.6 Å². The first-order valence-corrected chi connectivity index (χ1v) is 13.5. The molecule has 0 radical (unpaired) electrons. The molecule has 40 heavy (non-hydrogen) atoms. The molecule has 0 saturated carbocycles. The number of fused-ring (bicyclic) bond motifs is 1. The van der Waals surface area contributed by atoms with Crippen molar-refractivity contribution in [2.24, 2.45) is 0 Å². The summed E-state index contributed by atoms with van der Waals surface area (Å²) < 4.78 is 33.9. The van der Waals surface area contributed by atoms with Gasteiger partial charge in [0.1, 0.15) is 11.3 Å². The molecule has 2 aliphatic heterocycles. The van der Waals surface area contributed by atoms with Crippen molar-refractivity contribution in [2.75, 3.05) is 25.0 Å². The molecule has 12 heteroatoms. The van der Waals surface area contributed by atoms with Crippen LogP contribution < -0.4 is 10.6 Å². The quantitative estimate of drug-likeness (QED) is 0.291. The second kappa shape index (κ2) is 11.3. The number of ether oxygens (including phenoxy) is 1. The number of piperidine rings is 1. The Morgan fingerprint density at radius 2 is 1.75 bits per heavy atom. The molecule has 0 atom stereocenters. The highest BCUT2D eigenvalue weighted by Crippen LogP contribution is 2.34. The van der Waals surface area contributed by atoms with E-state index in [9.17, 15) is 28.0 Å². The van der Waals surface area contributed by atoms with Gasteiger partial charge in [-0.2, -0.15) is 0 Å². The number of nitrogens with zero attached hydrogens (tertiary/aromatic N) is 2. The largest absolute Gasteiger partial charge is 0.459 e. The standard InChI is InChI=1S/C28H33ClF2N4O5/c1-27(2,3)40-20(36)15-34-12-9-28(4,10-13-34)33-26(39)24(37)23-22(29)21(19-6-5-11-35(19)23)25(38)32-16-7-8-17(30)18(31)14-16/h7-8,14H,5-6,9-13,15H2,1-4H3,(H,32,38)(H,33,39). The Bertz CT molecular complexity index is 1360. The third kappa shape index (κ3) is 6.52. The molecule has 4 rings (SSSR count). The summed E-state index contributed by atoms with van der Waals surface area (Å²) in [6.45, 7) is 8.85. The summed E-state index contributed by atoms with van der Waals surface area (Å²) in [5.74, 6) is -4.89. The van der Waals surface area contributed by atoms with Crippen molar-refractivity contribution in [3.8, 4) is 0 Å². The number of benzene rings is 1. The van der Waals surface area contributed by atoms with E-state index in [0.717, 1.165) is 12.1 Å². The molecule has 0 bridgehead atoms. The van der Waals surface area contributed by atoms with Gasteiger partial charge < -0.3 is 19.9 Å². The second-order valence-corrected chi connectivity index (χ2v) is 11.9. The first-order chi connectivity index (χ1) is 18.7. The topological polar surface area (TPSA) is 110 Å². The van der Waals surface area contributed by atoms with E-state index >= 15 is 0 Å². The van der Waals surface area contributed by atoms with Gasteiger partial charge in [0.2, 0.25) is 0 Å². The highest BCUT2D eigenvalue weighted by molar-refractivity contribution is 6.48. The van der Waals surface area contributed by atoms with Gasteiger partial charge in [0.05, 0.1) is 17.1 Å². The maximum atomic E-state index is 13.6. The minimum absolute atomic E-state index is 0.0227. The Labute approximate surface area is 236 Å². The van der Waals surface area contributed by atoms with Gasteiger partial charge in [-0.1, -0.05) is 11.6 Å². The molecule has 9 nitrogen and oxygen atoms in total. The molecule has 0 unspecified atom stereocenters. The molecule has 1 aromatic carbocycles. The molecule has 0 spiro atoms. The molecule has 216 valence electrons. The van der Waals surface area contributed by atoms with Crippen molar-refractivity contribution in [2.45, 2.75) is 71.1 Å². The Morgan fingerprint density at radius 3 is 2.38 bits per heavy atom. The SMILES string of the molecule is CC1(NC(=O)C(=O)c2c(Cl)c(C(=O)Nc3ccc(F)c(F)c3)c3n2CCC3)CCN(CC(=O)OC(C)(C)C)CC1. The number of aromatic nitrogens is 1. The Kier molecular flexibility index (Phi) is 8.37. The number of halogens is 3. The lowest BCUT2D eigenvalue weighted by Gasteiger charge is -2.39. The number of rotatable bonds is 7. The lowest BCUT2D eigenvalue weighted by Crippen LogP contribution is -2.55. The van der Waals surface area contributed by atoms with E-state index < -0.39 is 40.4 Å². The van der Waals surface area contributed by atoms with Crippen LogP contribution in [0.1, 0.15) is 73.5 Å². The monoisotopic (exact) mass is 578 g/mol. The van der Waals surface area contributed by atoms with Gasteiger partial charge in [0, 0.05) is 42.6 Å². The summed E-state index contributed by atoms with van der Waals surface area (Å²) in [5, 5.41) is 5.16. The van der Waals surface area contributed by atoms with E-state index in [1.807, 2.05) is 11.8 Å². The fraction of sp³-hybridized carbons (Fsp3) is 0.500. The van der Waals surface area contributed by atoms with Crippen molar-refractivity contribution in [3.05, 3.63) is 51.8 Å². The zero-order valence-electron chi connectivity index (χ0n) is 23.0. The summed E-state index contributed by atoms with van der Waals surface area (Å²) in [4.78, 5) is 53.7. The number of likely N-dealkylation sites (tertiary alicyclic amines) is 1. The zero-order chi connectivity index (χ0) is 29.4. The van der Waals surface area contributed by atoms with E-state index in [1.165, 1.54) is 6.07 Å². The molecule has 2 aromatic rings. The predicted molar refractivity (Wildman–Crippen MR) is 144 cm³/mol. The van der Waals surface area contributed by atoms with Gasteiger partial charge >= 0.3 is 5.97 Å². The summed E-state index contributed by atoms with van der Waals surface area (Å²) in [5.41, 5.74) is -0.779. The van der Waals surface area contributed by atoms with Crippen LogP contribution in [-0.2, 0) is 27.3 Å². The normalized spacial score (nSPS) is 16.8. The fourth-order valence-electron chi connectivity index (χ4n) is 5.09. The Hall–Kier alpha value is -3.31. The summed E-state index contributed by atoms with van der Waals surface area (Å²) in [6, 6.07) is 2.94. The summed E-state index contributed by atoms with van der Waals surface area (Å²) in [6.07, 6.45) is 2.12. The van der Waals surface area contributed by atoms with Gasteiger partial charge in [-0.25, -0.2) is 8.78 Å². The first kappa shape index (κ1) is 29.7. The maximum Gasteiger partial charge on any atom is 0.320 e. The van der Waals surface area contributed by atoms with E-state index in [4.69, 9.17) is 16.3 Å². The lowest BCUT2D eigenvalue weighted by atomic mass is 9.89. The molecular weight excluding hydrogens is 546 g/mol. The molecular formula is C28H33ClF2N4O5. The van der Waals surface area contributed by atoms with Crippen LogP contribution in [0.2, 0.25) is 5.02 Å². The molecule has 1 saturated heterocycles. The molecule has 1 fully saturated rings. The highest BCUT2D eigenvalue weighted by atomic mass is 35.5. The predicted octanol–water partition coefficient (Wildman–Crippen LogP) is 4.11. The molecule has 3 heterocycles. The van der Waals surface area contributed by atoms with E-state index in [-0.39, 0.29) is 34.5 Å². The van der Waals surface area contributed by atoms with Gasteiger partial charge in [-0.15, -0.1) is 0 Å². The van der Waals surface area contributed by atoms with Gasteiger partial charge in [-0.3, -0.25) is 24.1 Å². The van der Waals surface area contributed by atoms with Crippen LogP contribution in [0.5, 0.6) is 0 Å². The van der Waals surface area contributed by atoms with Crippen LogP contribution in [0.3, 0.4) is 0 Å². The molecule has 2 aliphatic rings. The third-order valence-corrected chi connectivity index (χ3v) is 7.45. The van der Waals surface area contributed by atoms with Crippen molar-refractivity contribution >= 4 is 40.9 Å². The van der Waals surface area contributed by atoms with Gasteiger partial charge in [0.15, 0.2) is 11.6 Å². The number of Topliss-reactive ketones (excluding diaryl/α,β-unsaturated/α-hetero) is 1. The molecule has 0 aliphatic carbocycles. The minimum Gasteiger partial charge on any atom is -0.459 e. The van der Waals surface area contributed by atoms with Crippen LogP contribution in [0.4, 0.5) is 14.5 Å². The van der Waals surface area contributed by atoms with E-state index in [2.05, 4.69) is 10.6 Å². The minimum atomic E-state index is -1.12. The van der Waals surface area contributed by atoms with E-state index in [0.29, 0.717) is 51.0 Å². The number of esters is 1. The average Bonchev–Trinajstić information content (AvgIpc) is 3.40. The number of carbonyl (C=O) groups excluding carboxylic acids is 4. The Balaban J connectivity index is 1.44. The number of hydrogen-bond acceptors (Lipinski definition) is 6. The highest BCUT2D eigenvalue weighted by Gasteiger charge is 2.38. The molecule has 1 aromatic heterocycles. The lowest BCUT2D eigenvalue weighted by molar-refractivity contribution is -0.156. The summed E-state index contributed by atoms with van der Waals surface area (Å²) >= 11 is 6.53. The van der Waals surface area contributed by atoms with Crippen LogP contribution in [0, 0.1) is 11.6 Å². The van der Waals surface area contributed by atoms with Gasteiger partial charge in [-0.05, 0) is 65.5 Å². The number of nitrogens with one attached hydrogen (secondary N) is 2. The number of hydrogen-bond donors (Lipinski definition) is 2. The average molecular weight is 579 g/mol. The number of amides is 2. The number of ketones is 1. The second-order valence-electron chi connectivity index (χ2n) is 11.5. The summed E-state index contributed by atoms with van der Waals surface area (Å²) in [7, 11) is 0. The van der Waals surface area contributed by atoms with Crippen LogP contribution >= 0.6 is 11.6 Å². The number of anilines is 1. The van der Waals surface area contributed by atoms with Crippen molar-refractivity contribution in [1.29, 1.82) is 0 Å². The van der Waals surface area contributed by atoms with Crippen molar-refractivity contribution in [3.63, 3.8) is 0 Å². The van der Waals surface area contributed by atoms with Crippen LogP contribution in [0.15, 0.2) is 18.2 Å². The molecule has 2 amide bonds. The first-order valence-electron chi connectivity index (χ1n) is 13.2. The van der Waals surface area contributed by atoms with E-state index in [1.54, 1.807) is 25.3 Å². The number of carbonyl (C=O) groups is 4.